The van der Waals surface area contributed by atoms with E-state index in [1.165, 1.54) is 0 Å². The molecule has 0 aliphatic heterocycles. The van der Waals surface area contributed by atoms with Crippen molar-refractivity contribution in [2.75, 3.05) is 0 Å². The standard InChI is InChI=1S/C6H9NO4/c7-4(6(10)11)2-1-3(2)5(8)9/h2-4H,1,7H2,(H,8,9)(H,10,11)/t2-,3-,4+/m1/s1. The minimum atomic E-state index is -1.13. The maximum Gasteiger partial charge on any atom is 0.320 e. The molecule has 1 rings (SSSR count). The predicted octanol–water partition coefficient (Wildman–Crippen LogP) is -0.881. The molecule has 1 fully saturated rings. The summed E-state index contributed by atoms with van der Waals surface area (Å²) >= 11 is 0. The summed E-state index contributed by atoms with van der Waals surface area (Å²) in [5.41, 5.74) is 5.19. The fourth-order valence-corrected chi connectivity index (χ4v) is 1.08. The first kappa shape index (κ1) is 8.00. The lowest BCUT2D eigenvalue weighted by Crippen LogP contribution is -2.33. The quantitative estimate of drug-likeness (QED) is 0.496. The van der Waals surface area contributed by atoms with E-state index in [1.54, 1.807) is 0 Å². The molecule has 0 spiro atoms. The number of carboxylic acid groups (broad SMARTS) is 2. The lowest BCUT2D eigenvalue weighted by molar-refractivity contribution is -0.140. The Kier molecular flexibility index (Phi) is 1.82. The normalized spacial score (nSPS) is 31.0. The molecule has 0 aromatic carbocycles. The summed E-state index contributed by atoms with van der Waals surface area (Å²) in [6.07, 6.45) is 0.392. The van der Waals surface area contributed by atoms with Gasteiger partial charge in [-0.15, -0.1) is 0 Å². The van der Waals surface area contributed by atoms with E-state index < -0.39 is 23.9 Å². The van der Waals surface area contributed by atoms with Crippen LogP contribution in [0, 0.1) is 11.8 Å². The Balaban J connectivity index is 2.43. The van der Waals surface area contributed by atoms with Crippen molar-refractivity contribution < 1.29 is 19.8 Å². The van der Waals surface area contributed by atoms with Gasteiger partial charge in [-0.1, -0.05) is 0 Å². The lowest BCUT2D eigenvalue weighted by atomic mass is 10.1. The van der Waals surface area contributed by atoms with Crippen LogP contribution in [0.2, 0.25) is 0 Å². The molecule has 0 saturated heterocycles. The molecule has 0 bridgehead atoms. The molecule has 4 N–H and O–H groups in total. The Morgan fingerprint density at radius 2 is 2.00 bits per heavy atom. The molecule has 5 heteroatoms. The molecule has 0 aromatic rings. The summed E-state index contributed by atoms with van der Waals surface area (Å²) in [5, 5.41) is 16.8. The predicted molar refractivity (Wildman–Crippen MR) is 34.8 cm³/mol. The van der Waals surface area contributed by atoms with Gasteiger partial charge in [0.2, 0.25) is 0 Å². The summed E-state index contributed by atoms with van der Waals surface area (Å²) in [7, 11) is 0. The Morgan fingerprint density at radius 1 is 1.45 bits per heavy atom. The summed E-state index contributed by atoms with van der Waals surface area (Å²) in [4.78, 5) is 20.5. The van der Waals surface area contributed by atoms with Gasteiger partial charge in [-0.25, -0.2) is 0 Å². The Labute approximate surface area is 62.8 Å². The molecule has 11 heavy (non-hydrogen) atoms. The van der Waals surface area contributed by atoms with Crippen LogP contribution in [0.25, 0.3) is 0 Å². The van der Waals surface area contributed by atoms with E-state index in [1.807, 2.05) is 0 Å². The van der Waals surface area contributed by atoms with Crippen molar-refractivity contribution >= 4 is 11.9 Å². The topological polar surface area (TPSA) is 101 Å². The number of aliphatic carboxylic acids is 2. The highest BCUT2D eigenvalue weighted by atomic mass is 16.4. The first-order chi connectivity index (χ1) is 5.04. The second-order valence-electron chi connectivity index (χ2n) is 2.71. The van der Waals surface area contributed by atoms with Crippen LogP contribution in [0.3, 0.4) is 0 Å². The van der Waals surface area contributed by atoms with Gasteiger partial charge in [0.15, 0.2) is 0 Å². The van der Waals surface area contributed by atoms with Crippen LogP contribution >= 0.6 is 0 Å². The SMILES string of the molecule is N[C@H](C(=O)O)[C@@H]1C[C@H]1C(=O)O. The largest absolute Gasteiger partial charge is 0.481 e. The third-order valence-corrected chi connectivity index (χ3v) is 1.90. The zero-order valence-corrected chi connectivity index (χ0v) is 5.73. The van der Waals surface area contributed by atoms with Crippen molar-refractivity contribution in [1.29, 1.82) is 0 Å². The highest BCUT2D eigenvalue weighted by molar-refractivity contribution is 5.79. The molecule has 62 valence electrons. The van der Waals surface area contributed by atoms with Gasteiger partial charge in [0.1, 0.15) is 6.04 Å². The van der Waals surface area contributed by atoms with E-state index in [4.69, 9.17) is 15.9 Å². The second kappa shape index (κ2) is 2.50. The first-order valence-corrected chi connectivity index (χ1v) is 3.25. The summed E-state index contributed by atoms with van der Waals surface area (Å²) < 4.78 is 0. The minimum absolute atomic E-state index is 0.370. The average molecular weight is 159 g/mol. The van der Waals surface area contributed by atoms with Crippen molar-refractivity contribution in [2.45, 2.75) is 12.5 Å². The van der Waals surface area contributed by atoms with Gasteiger partial charge < -0.3 is 15.9 Å². The van der Waals surface area contributed by atoms with Gasteiger partial charge in [0, 0.05) is 0 Å². The fourth-order valence-electron chi connectivity index (χ4n) is 1.08. The zero-order chi connectivity index (χ0) is 8.59. The zero-order valence-electron chi connectivity index (χ0n) is 5.73. The third-order valence-electron chi connectivity index (χ3n) is 1.90. The molecule has 0 aromatic heterocycles. The van der Waals surface area contributed by atoms with Crippen LogP contribution in [-0.4, -0.2) is 28.2 Å². The van der Waals surface area contributed by atoms with Crippen LogP contribution < -0.4 is 5.73 Å². The Bertz CT molecular complexity index is 203. The monoisotopic (exact) mass is 159 g/mol. The number of nitrogens with two attached hydrogens (primary N) is 1. The lowest BCUT2D eigenvalue weighted by Gasteiger charge is -2.01. The van der Waals surface area contributed by atoms with Crippen molar-refractivity contribution in [3.05, 3.63) is 0 Å². The van der Waals surface area contributed by atoms with Gasteiger partial charge in [-0.2, -0.15) is 0 Å². The number of rotatable bonds is 3. The molecule has 0 amide bonds. The third kappa shape index (κ3) is 1.48. The van der Waals surface area contributed by atoms with Crippen molar-refractivity contribution in [3.63, 3.8) is 0 Å². The Hall–Kier alpha value is -1.10. The van der Waals surface area contributed by atoms with Crippen molar-refractivity contribution in [1.82, 2.24) is 0 Å². The molecule has 1 saturated carbocycles. The van der Waals surface area contributed by atoms with E-state index in [0.29, 0.717) is 6.42 Å². The number of carbonyl (C=O) groups is 2. The van der Waals surface area contributed by atoms with Crippen LogP contribution in [0.15, 0.2) is 0 Å². The minimum Gasteiger partial charge on any atom is -0.481 e. The van der Waals surface area contributed by atoms with Crippen LogP contribution in [0.1, 0.15) is 6.42 Å². The second-order valence-corrected chi connectivity index (χ2v) is 2.71. The number of hydrogen-bond acceptors (Lipinski definition) is 3. The van der Waals surface area contributed by atoms with Gasteiger partial charge in [0.25, 0.3) is 0 Å². The summed E-state index contributed by atoms with van der Waals surface area (Å²) in [6.45, 7) is 0. The van der Waals surface area contributed by atoms with Crippen LogP contribution in [0.4, 0.5) is 0 Å². The molecule has 3 atom stereocenters. The van der Waals surface area contributed by atoms with Crippen molar-refractivity contribution in [3.8, 4) is 0 Å². The Morgan fingerprint density at radius 3 is 2.27 bits per heavy atom. The number of hydrogen-bond donors (Lipinski definition) is 3. The molecule has 0 heterocycles. The summed E-state index contributed by atoms with van der Waals surface area (Å²) in [5.74, 6) is -2.99. The molecule has 0 radical (unpaired) electrons. The fraction of sp³-hybridized carbons (Fsp3) is 0.667. The summed E-state index contributed by atoms with van der Waals surface area (Å²) in [6, 6.07) is -1.02. The van der Waals surface area contributed by atoms with E-state index in [9.17, 15) is 9.59 Å². The highest BCUT2D eigenvalue weighted by Crippen LogP contribution is 2.40. The average Bonchev–Trinajstić information content (AvgIpc) is 2.63. The van der Waals surface area contributed by atoms with Gasteiger partial charge in [0.05, 0.1) is 5.92 Å². The first-order valence-electron chi connectivity index (χ1n) is 3.25. The molecular weight excluding hydrogens is 150 g/mol. The molecule has 1 aliphatic rings. The maximum atomic E-state index is 10.3. The van der Waals surface area contributed by atoms with E-state index in [-0.39, 0.29) is 5.92 Å². The van der Waals surface area contributed by atoms with Gasteiger partial charge in [-0.05, 0) is 12.3 Å². The molecular formula is C6H9NO4. The number of carboxylic acids is 2. The maximum absolute atomic E-state index is 10.3. The molecule has 5 nitrogen and oxygen atoms in total. The van der Waals surface area contributed by atoms with Gasteiger partial charge in [-0.3, -0.25) is 9.59 Å². The molecule has 0 unspecified atom stereocenters. The van der Waals surface area contributed by atoms with Gasteiger partial charge >= 0.3 is 11.9 Å². The smallest absolute Gasteiger partial charge is 0.320 e. The molecule has 1 aliphatic carbocycles. The van der Waals surface area contributed by atoms with Crippen LogP contribution in [-0.2, 0) is 9.59 Å². The van der Waals surface area contributed by atoms with E-state index in [0.717, 1.165) is 0 Å². The van der Waals surface area contributed by atoms with E-state index in [2.05, 4.69) is 0 Å². The highest BCUT2D eigenvalue weighted by Gasteiger charge is 2.49. The van der Waals surface area contributed by atoms with Crippen molar-refractivity contribution in [2.24, 2.45) is 17.6 Å². The van der Waals surface area contributed by atoms with Crippen LogP contribution in [0.5, 0.6) is 0 Å². The van der Waals surface area contributed by atoms with E-state index >= 15 is 0 Å².